The van der Waals surface area contributed by atoms with E-state index in [-0.39, 0.29) is 22.5 Å². The fourth-order valence-electron chi connectivity index (χ4n) is 2.56. The molecular weight excluding hydrogens is 314 g/mol. The molecule has 1 aromatic rings. The quantitative estimate of drug-likeness (QED) is 0.860. The summed E-state index contributed by atoms with van der Waals surface area (Å²) in [5, 5.41) is 2.81. The second-order valence-electron chi connectivity index (χ2n) is 5.13. The highest BCUT2D eigenvalue weighted by atomic mass is 35.7. The Kier molecular flexibility index (Phi) is 5.11. The molecule has 0 atom stereocenters. The Labute approximate surface area is 129 Å². The van der Waals surface area contributed by atoms with E-state index in [1.165, 1.54) is 31.7 Å². The maximum atomic E-state index is 12.2. The van der Waals surface area contributed by atoms with Crippen molar-refractivity contribution in [3.63, 3.8) is 0 Å². The van der Waals surface area contributed by atoms with Gasteiger partial charge in [-0.25, -0.2) is 8.42 Å². The number of nitrogens with one attached hydrogen (secondary N) is 1. The Morgan fingerprint density at radius 3 is 2.52 bits per heavy atom. The van der Waals surface area contributed by atoms with Gasteiger partial charge in [0, 0.05) is 28.4 Å². The molecule has 0 heterocycles. The summed E-state index contributed by atoms with van der Waals surface area (Å²) in [6.45, 7) is 0. The number of anilines is 1. The molecule has 0 radical (unpaired) electrons. The molecule has 2 rings (SSSR count). The van der Waals surface area contributed by atoms with Gasteiger partial charge in [-0.15, -0.1) is 0 Å². The predicted octanol–water partition coefficient (Wildman–Crippen LogP) is 3.14. The molecular formula is C14H18ClNO4S. The van der Waals surface area contributed by atoms with E-state index in [9.17, 15) is 13.2 Å². The highest BCUT2D eigenvalue weighted by Crippen LogP contribution is 2.30. The summed E-state index contributed by atoms with van der Waals surface area (Å²) in [6, 6.07) is 4.31. The molecule has 0 unspecified atom stereocenters. The average Bonchev–Trinajstić information content (AvgIpc) is 2.46. The highest BCUT2D eigenvalue weighted by Gasteiger charge is 2.22. The van der Waals surface area contributed by atoms with Crippen LogP contribution < -0.4 is 10.1 Å². The second kappa shape index (κ2) is 6.66. The monoisotopic (exact) mass is 331 g/mol. The van der Waals surface area contributed by atoms with Gasteiger partial charge in [0.2, 0.25) is 5.91 Å². The summed E-state index contributed by atoms with van der Waals surface area (Å²) in [5.74, 6) is 0.117. The fraction of sp³-hybridized carbons (Fsp3) is 0.500. The number of rotatable bonds is 4. The zero-order chi connectivity index (χ0) is 15.5. The van der Waals surface area contributed by atoms with Gasteiger partial charge in [-0.1, -0.05) is 19.3 Å². The van der Waals surface area contributed by atoms with Crippen LogP contribution in [0.3, 0.4) is 0 Å². The first kappa shape index (κ1) is 16.1. The fourth-order valence-corrected chi connectivity index (χ4v) is 3.55. The van der Waals surface area contributed by atoms with Crippen LogP contribution in [0.15, 0.2) is 23.1 Å². The molecule has 0 bridgehead atoms. The van der Waals surface area contributed by atoms with Crippen molar-refractivity contribution < 1.29 is 17.9 Å². The van der Waals surface area contributed by atoms with Crippen molar-refractivity contribution in [2.45, 2.75) is 37.0 Å². The van der Waals surface area contributed by atoms with E-state index in [0.29, 0.717) is 5.69 Å². The molecule has 1 fully saturated rings. The third kappa shape index (κ3) is 4.11. The van der Waals surface area contributed by atoms with Gasteiger partial charge in [0.05, 0.1) is 7.11 Å². The van der Waals surface area contributed by atoms with E-state index >= 15 is 0 Å². The van der Waals surface area contributed by atoms with Crippen molar-refractivity contribution in [3.05, 3.63) is 18.2 Å². The first-order chi connectivity index (χ1) is 9.91. The van der Waals surface area contributed by atoms with Gasteiger partial charge in [-0.05, 0) is 25.0 Å². The van der Waals surface area contributed by atoms with Crippen LogP contribution in [0.1, 0.15) is 32.1 Å². The number of benzene rings is 1. The largest absolute Gasteiger partial charge is 0.495 e. The molecule has 7 heteroatoms. The lowest BCUT2D eigenvalue weighted by Gasteiger charge is -2.21. The summed E-state index contributed by atoms with van der Waals surface area (Å²) in [4.78, 5) is 12.0. The van der Waals surface area contributed by atoms with Crippen LogP contribution in [0.2, 0.25) is 0 Å². The van der Waals surface area contributed by atoms with Crippen molar-refractivity contribution >= 4 is 31.3 Å². The average molecular weight is 332 g/mol. The molecule has 0 aromatic heterocycles. The molecule has 21 heavy (non-hydrogen) atoms. The summed E-state index contributed by atoms with van der Waals surface area (Å²) < 4.78 is 27.8. The summed E-state index contributed by atoms with van der Waals surface area (Å²) >= 11 is 0. The number of carbonyl (C=O) groups excluding carboxylic acids is 1. The Balaban J connectivity index is 2.15. The van der Waals surface area contributed by atoms with Crippen molar-refractivity contribution in [1.82, 2.24) is 0 Å². The van der Waals surface area contributed by atoms with Crippen LogP contribution in [-0.2, 0) is 13.8 Å². The van der Waals surface area contributed by atoms with E-state index in [0.717, 1.165) is 25.7 Å². The van der Waals surface area contributed by atoms with Crippen molar-refractivity contribution in [1.29, 1.82) is 0 Å². The number of carbonyl (C=O) groups is 1. The number of hydrogen-bond donors (Lipinski definition) is 1. The topological polar surface area (TPSA) is 72.5 Å². The minimum Gasteiger partial charge on any atom is -0.495 e. The molecule has 1 saturated carbocycles. The predicted molar refractivity (Wildman–Crippen MR) is 81.2 cm³/mol. The SMILES string of the molecule is COc1cc(NC(=O)C2CCCCC2)ccc1S(=O)(=O)Cl. The second-order valence-corrected chi connectivity index (χ2v) is 7.66. The molecule has 116 valence electrons. The summed E-state index contributed by atoms with van der Waals surface area (Å²) in [5.41, 5.74) is 0.506. The third-order valence-electron chi connectivity index (χ3n) is 3.67. The highest BCUT2D eigenvalue weighted by molar-refractivity contribution is 8.13. The normalized spacial score (nSPS) is 16.5. The van der Waals surface area contributed by atoms with Crippen LogP contribution >= 0.6 is 10.7 Å². The van der Waals surface area contributed by atoms with E-state index in [2.05, 4.69) is 5.32 Å². The molecule has 1 aliphatic carbocycles. The van der Waals surface area contributed by atoms with Gasteiger partial charge in [-0.2, -0.15) is 0 Å². The molecule has 1 amide bonds. The van der Waals surface area contributed by atoms with E-state index in [4.69, 9.17) is 15.4 Å². The van der Waals surface area contributed by atoms with Crippen molar-refractivity contribution in [2.24, 2.45) is 5.92 Å². The number of methoxy groups -OCH3 is 1. The lowest BCUT2D eigenvalue weighted by atomic mass is 9.88. The maximum absolute atomic E-state index is 12.2. The first-order valence-electron chi connectivity index (χ1n) is 6.85. The lowest BCUT2D eigenvalue weighted by molar-refractivity contribution is -0.120. The standard InChI is InChI=1S/C14H18ClNO4S/c1-20-12-9-11(7-8-13(12)21(15,18)19)16-14(17)10-5-3-2-4-6-10/h7-10H,2-6H2,1H3,(H,16,17). The van der Waals surface area contributed by atoms with Crippen LogP contribution in [0.4, 0.5) is 5.69 Å². The summed E-state index contributed by atoms with van der Waals surface area (Å²) in [6.07, 6.45) is 5.13. The molecule has 0 aliphatic heterocycles. The van der Waals surface area contributed by atoms with Gasteiger partial charge in [0.1, 0.15) is 10.6 Å². The number of halogens is 1. The van der Waals surface area contributed by atoms with E-state index in [1.807, 2.05) is 0 Å². The minimum atomic E-state index is -3.88. The summed E-state index contributed by atoms with van der Waals surface area (Å²) in [7, 11) is 2.81. The first-order valence-corrected chi connectivity index (χ1v) is 9.16. The molecule has 5 nitrogen and oxygen atoms in total. The van der Waals surface area contributed by atoms with Crippen LogP contribution in [0, 0.1) is 5.92 Å². The van der Waals surface area contributed by atoms with Gasteiger partial charge < -0.3 is 10.1 Å². The van der Waals surface area contributed by atoms with Crippen LogP contribution in [-0.4, -0.2) is 21.4 Å². The zero-order valence-electron chi connectivity index (χ0n) is 11.8. The minimum absolute atomic E-state index is 0.0289. The molecule has 1 aliphatic rings. The number of hydrogen-bond acceptors (Lipinski definition) is 4. The van der Waals surface area contributed by atoms with Crippen molar-refractivity contribution in [3.8, 4) is 5.75 Å². The van der Waals surface area contributed by atoms with E-state index < -0.39 is 9.05 Å². The van der Waals surface area contributed by atoms with Gasteiger partial charge >= 0.3 is 0 Å². The Morgan fingerprint density at radius 1 is 1.29 bits per heavy atom. The van der Waals surface area contributed by atoms with Gasteiger partial charge in [-0.3, -0.25) is 4.79 Å². The smallest absolute Gasteiger partial charge is 0.264 e. The van der Waals surface area contributed by atoms with Crippen LogP contribution in [0.25, 0.3) is 0 Å². The Hall–Kier alpha value is -1.27. The zero-order valence-corrected chi connectivity index (χ0v) is 13.3. The molecule has 1 N–H and O–H groups in total. The maximum Gasteiger partial charge on any atom is 0.264 e. The molecule has 0 saturated heterocycles. The lowest BCUT2D eigenvalue weighted by Crippen LogP contribution is -2.24. The Bertz CT molecular complexity index is 624. The molecule has 1 aromatic carbocycles. The van der Waals surface area contributed by atoms with Crippen LogP contribution in [0.5, 0.6) is 5.75 Å². The third-order valence-corrected chi connectivity index (χ3v) is 5.03. The van der Waals surface area contributed by atoms with Gasteiger partial charge in [0.15, 0.2) is 0 Å². The number of amides is 1. The van der Waals surface area contributed by atoms with E-state index in [1.54, 1.807) is 0 Å². The van der Waals surface area contributed by atoms with Gasteiger partial charge in [0.25, 0.3) is 9.05 Å². The Morgan fingerprint density at radius 2 is 1.95 bits per heavy atom. The number of ether oxygens (including phenoxy) is 1. The van der Waals surface area contributed by atoms with Crippen molar-refractivity contribution in [2.75, 3.05) is 12.4 Å². The molecule has 0 spiro atoms.